The average molecular weight is 642 g/mol. The summed E-state index contributed by atoms with van der Waals surface area (Å²) in [6.45, 7) is 9.13. The highest BCUT2D eigenvalue weighted by Crippen LogP contribution is 2.52. The minimum atomic E-state index is -4.27. The zero-order valence-corrected chi connectivity index (χ0v) is 25.7. The Bertz CT molecular complexity index is 1380. The fraction of sp³-hybridized carbons (Fsp3) is 0.444. The van der Waals surface area contributed by atoms with Gasteiger partial charge in [0.25, 0.3) is 0 Å². The van der Waals surface area contributed by atoms with Crippen molar-refractivity contribution in [3.63, 3.8) is 0 Å². The topological polar surface area (TPSA) is 43.5 Å². The Morgan fingerprint density at radius 1 is 1.00 bits per heavy atom. The quantitative estimate of drug-likeness (QED) is 0.160. The van der Waals surface area contributed by atoms with Gasteiger partial charge in [0.2, 0.25) is 0 Å². The lowest BCUT2D eigenvalue weighted by Crippen LogP contribution is -2.52. The zero-order valence-electron chi connectivity index (χ0n) is 22.6. The van der Waals surface area contributed by atoms with E-state index in [-0.39, 0.29) is 19.4 Å². The van der Waals surface area contributed by atoms with Gasteiger partial charge < -0.3 is 26.6 Å². The van der Waals surface area contributed by atoms with Crippen LogP contribution < -0.4 is 0 Å². The van der Waals surface area contributed by atoms with E-state index in [4.69, 9.17) is 9.05 Å². The summed E-state index contributed by atoms with van der Waals surface area (Å²) in [5.74, 6) is 0. The molecule has 2 aromatic rings. The van der Waals surface area contributed by atoms with Crippen molar-refractivity contribution in [3.05, 3.63) is 72.8 Å². The Kier molecular flexibility index (Phi) is 8.12. The number of aromatic nitrogens is 1. The predicted molar refractivity (Wildman–Crippen MR) is 156 cm³/mol. The highest BCUT2D eigenvalue weighted by molar-refractivity contribution is 14.1. The van der Waals surface area contributed by atoms with Crippen LogP contribution in [0.25, 0.3) is 5.57 Å². The standard InChI is InChI=1S/C27H35BF2IN2O3P/c1-8-22-17(5)26-25(20-12-14-21(31)15-13-20)27-18(6)23(9-2)24(16-37(34,35-10-3)36-11-4)33(27)28(29,30)32(26)19(22)7/h12-15H,8-11,16H2,1-7H3. The van der Waals surface area contributed by atoms with E-state index < -0.39 is 14.6 Å². The molecule has 0 radical (unpaired) electrons. The summed E-state index contributed by atoms with van der Waals surface area (Å²) in [6.07, 6.45) is 0.985. The summed E-state index contributed by atoms with van der Waals surface area (Å²) in [5, 5.41) is 0. The molecule has 2 aliphatic rings. The molecule has 0 fully saturated rings. The number of rotatable bonds is 9. The molecule has 2 aliphatic heterocycles. The highest BCUT2D eigenvalue weighted by Gasteiger charge is 2.58. The first kappa shape index (κ1) is 28.5. The maximum atomic E-state index is 16.9. The van der Waals surface area contributed by atoms with E-state index in [9.17, 15) is 4.57 Å². The van der Waals surface area contributed by atoms with Crippen molar-refractivity contribution in [1.82, 2.24) is 4.48 Å². The predicted octanol–water partition coefficient (Wildman–Crippen LogP) is 7.73. The molecule has 0 unspecified atom stereocenters. The number of allylic oxidation sites excluding steroid dienone is 2. The average Bonchev–Trinajstić information content (AvgIpc) is 3.26. The molecular weight excluding hydrogens is 607 g/mol. The smallest absolute Gasteiger partial charge is 0.393 e. The monoisotopic (exact) mass is 642 g/mol. The number of halogens is 3. The molecule has 0 spiro atoms. The Morgan fingerprint density at radius 2 is 1.59 bits per heavy atom. The van der Waals surface area contributed by atoms with Crippen LogP contribution in [0, 0.1) is 17.4 Å². The van der Waals surface area contributed by atoms with Crippen LogP contribution in [0.4, 0.5) is 8.63 Å². The first-order valence-electron chi connectivity index (χ1n) is 12.9. The Labute approximate surface area is 232 Å². The third-order valence-electron chi connectivity index (χ3n) is 7.46. The number of nitrogens with zero attached hydrogens (tertiary/aromatic N) is 2. The van der Waals surface area contributed by atoms with Gasteiger partial charge in [-0.05, 0) is 105 Å². The molecule has 0 amide bonds. The van der Waals surface area contributed by atoms with E-state index in [0.29, 0.717) is 35.6 Å². The lowest BCUT2D eigenvalue weighted by molar-refractivity contribution is -0.363. The second-order valence-corrected chi connectivity index (χ2v) is 12.8. The van der Waals surface area contributed by atoms with Gasteiger partial charge in [0.1, 0.15) is 6.16 Å². The van der Waals surface area contributed by atoms with E-state index in [1.54, 1.807) is 20.8 Å². The van der Waals surface area contributed by atoms with E-state index >= 15 is 8.63 Å². The Hall–Kier alpha value is -1.55. The summed E-state index contributed by atoms with van der Waals surface area (Å²) in [4.78, 5) is 0. The molecule has 0 bridgehead atoms. The van der Waals surface area contributed by atoms with Crippen molar-refractivity contribution >= 4 is 48.4 Å². The van der Waals surface area contributed by atoms with Crippen LogP contribution in [0.3, 0.4) is 0 Å². The van der Waals surface area contributed by atoms with Crippen LogP contribution in [0.2, 0.25) is 0 Å². The third-order valence-corrected chi connectivity index (χ3v) is 10.2. The van der Waals surface area contributed by atoms with Gasteiger partial charge in [-0.2, -0.15) is 0 Å². The summed E-state index contributed by atoms with van der Waals surface area (Å²) >= 11 is 2.25. The third kappa shape index (κ3) is 4.54. The van der Waals surface area contributed by atoms with Gasteiger partial charge in [-0.15, -0.1) is 0 Å². The Morgan fingerprint density at radius 3 is 2.11 bits per heavy atom. The van der Waals surface area contributed by atoms with Crippen LogP contribution in [-0.4, -0.2) is 41.0 Å². The normalized spacial score (nSPS) is 17.1. The van der Waals surface area contributed by atoms with E-state index in [1.165, 1.54) is 8.96 Å². The van der Waals surface area contributed by atoms with Crippen molar-refractivity contribution in [2.24, 2.45) is 0 Å². The van der Waals surface area contributed by atoms with Crippen LogP contribution in [0.1, 0.15) is 69.1 Å². The maximum absolute atomic E-state index is 16.9. The number of fused-ring (bicyclic) bond motifs is 2. The van der Waals surface area contributed by atoms with Crippen LogP contribution >= 0.6 is 30.2 Å². The van der Waals surface area contributed by atoms with Crippen molar-refractivity contribution in [2.45, 2.75) is 61.3 Å². The van der Waals surface area contributed by atoms with Crippen LogP contribution in [-0.2, 0) is 20.0 Å². The molecule has 1 aromatic heterocycles. The molecular formula is C27H35BF2IN2O3P. The van der Waals surface area contributed by atoms with Crippen LogP contribution in [0.15, 0.2) is 41.1 Å². The Balaban J connectivity index is 2.16. The van der Waals surface area contributed by atoms with Crippen molar-refractivity contribution in [1.29, 1.82) is 0 Å². The molecule has 10 heteroatoms. The van der Waals surface area contributed by atoms with Crippen molar-refractivity contribution in [3.8, 4) is 0 Å². The summed E-state index contributed by atoms with van der Waals surface area (Å²) < 4.78 is 62.0. The number of hydrogen-bond donors (Lipinski definition) is 0. The SMILES string of the molecule is CCOP(=O)(CC1=[N+]2C(=C(c3ccc(I)cc3)c3c(C)c(CC)c(C)n3[B-]2(F)F)C(C)=C1CC)OCC. The molecule has 0 atom stereocenters. The first-order valence-corrected chi connectivity index (χ1v) is 15.7. The van der Waals surface area contributed by atoms with Gasteiger partial charge in [-0.1, -0.05) is 26.0 Å². The maximum Gasteiger partial charge on any atom is 0.737 e. The molecule has 1 aromatic carbocycles. The summed E-state index contributed by atoms with van der Waals surface area (Å²) in [7, 11) is -3.64. The molecule has 200 valence electrons. The fourth-order valence-corrected chi connectivity index (χ4v) is 8.17. The minimum Gasteiger partial charge on any atom is -0.393 e. The summed E-state index contributed by atoms with van der Waals surface area (Å²) in [6, 6.07) is 8.00. The molecule has 0 N–H and O–H groups in total. The number of benzene rings is 1. The number of hydrogen-bond acceptors (Lipinski definition) is 3. The lowest BCUT2D eigenvalue weighted by Gasteiger charge is -2.34. The van der Waals surface area contributed by atoms with Crippen LogP contribution in [0.5, 0.6) is 0 Å². The van der Waals surface area contributed by atoms with Gasteiger partial charge in [0.05, 0.1) is 18.8 Å². The molecule has 3 heterocycles. The summed E-state index contributed by atoms with van der Waals surface area (Å²) in [5.41, 5.74) is 7.02. The second kappa shape index (κ2) is 10.6. The zero-order chi connectivity index (χ0) is 27.3. The first-order chi connectivity index (χ1) is 17.5. The molecule has 0 saturated heterocycles. The van der Waals surface area contributed by atoms with Gasteiger partial charge in [0.15, 0.2) is 11.4 Å². The minimum absolute atomic E-state index is 0.173. The van der Waals surface area contributed by atoms with E-state index in [1.807, 2.05) is 52.0 Å². The highest BCUT2D eigenvalue weighted by atomic mass is 127. The largest absolute Gasteiger partial charge is 0.737 e. The second-order valence-electron chi connectivity index (χ2n) is 9.46. The molecule has 37 heavy (non-hydrogen) atoms. The molecule has 5 nitrogen and oxygen atoms in total. The molecule has 4 rings (SSSR count). The lowest BCUT2D eigenvalue weighted by atomic mass is 9.83. The van der Waals surface area contributed by atoms with Gasteiger partial charge in [-0.25, -0.2) is 0 Å². The van der Waals surface area contributed by atoms with Gasteiger partial charge in [0, 0.05) is 20.4 Å². The molecule has 0 saturated carbocycles. The van der Waals surface area contributed by atoms with E-state index in [2.05, 4.69) is 22.6 Å². The van der Waals surface area contributed by atoms with Crippen molar-refractivity contribution in [2.75, 3.05) is 19.4 Å². The molecule has 0 aliphatic carbocycles. The fourth-order valence-electron chi connectivity index (χ4n) is 6.06. The van der Waals surface area contributed by atoms with E-state index in [0.717, 1.165) is 37.0 Å². The van der Waals surface area contributed by atoms with Crippen molar-refractivity contribution < 1.29 is 26.7 Å². The van der Waals surface area contributed by atoms with Gasteiger partial charge >= 0.3 is 14.6 Å². The van der Waals surface area contributed by atoms with Gasteiger partial charge in [-0.3, -0.25) is 4.57 Å².